The zero-order valence-corrected chi connectivity index (χ0v) is 25.9. The van der Waals surface area contributed by atoms with E-state index in [2.05, 4.69) is 63.6 Å². The van der Waals surface area contributed by atoms with Gasteiger partial charge in [-0.3, -0.25) is 9.69 Å². The predicted molar refractivity (Wildman–Crippen MR) is 171 cm³/mol. The van der Waals surface area contributed by atoms with Gasteiger partial charge in [-0.25, -0.2) is 9.59 Å². The van der Waals surface area contributed by atoms with Crippen molar-refractivity contribution in [2.24, 2.45) is 5.92 Å². The van der Waals surface area contributed by atoms with E-state index in [0.29, 0.717) is 36.6 Å². The van der Waals surface area contributed by atoms with Crippen LogP contribution in [0.15, 0.2) is 54.9 Å². The first-order chi connectivity index (χ1) is 21.8. The number of amides is 1. The smallest absolute Gasteiger partial charge is 0.407 e. The molecule has 2 aromatic carbocycles. The number of ketones is 1. The summed E-state index contributed by atoms with van der Waals surface area (Å²) in [5, 5.41) is 5.01. The molecule has 0 radical (unpaired) electrons. The van der Waals surface area contributed by atoms with Gasteiger partial charge in [0.25, 0.3) is 0 Å². The Balaban J connectivity index is 0.000000146. The number of benzene rings is 2. The summed E-state index contributed by atoms with van der Waals surface area (Å²) in [6, 6.07) is 15.1. The summed E-state index contributed by atoms with van der Waals surface area (Å²) in [7, 11) is 4.17. The Morgan fingerprint density at radius 3 is 2.47 bits per heavy atom. The molecule has 3 unspecified atom stereocenters. The first-order valence-electron chi connectivity index (χ1n) is 16.0. The lowest BCUT2D eigenvalue weighted by atomic mass is 9.72. The molecule has 0 saturated carbocycles. The summed E-state index contributed by atoms with van der Waals surface area (Å²) in [5.41, 5.74) is 5.29. The Morgan fingerprint density at radius 1 is 0.978 bits per heavy atom. The lowest BCUT2D eigenvalue weighted by molar-refractivity contribution is -0.145. The van der Waals surface area contributed by atoms with Crippen LogP contribution >= 0.6 is 0 Å². The van der Waals surface area contributed by atoms with Gasteiger partial charge in [0, 0.05) is 71.6 Å². The number of aromatic nitrogens is 2. The maximum absolute atomic E-state index is 12.6. The van der Waals surface area contributed by atoms with E-state index in [9.17, 15) is 14.4 Å². The Hall–Kier alpha value is -4.15. The van der Waals surface area contributed by atoms with Crippen molar-refractivity contribution >= 4 is 39.7 Å². The van der Waals surface area contributed by atoms with Crippen molar-refractivity contribution in [2.75, 3.05) is 33.8 Å². The molecule has 10 heteroatoms. The van der Waals surface area contributed by atoms with Crippen LogP contribution in [0, 0.1) is 5.92 Å². The summed E-state index contributed by atoms with van der Waals surface area (Å²) in [4.78, 5) is 46.6. The highest BCUT2D eigenvalue weighted by Crippen LogP contribution is 2.42. The molecule has 7 heterocycles. The molecule has 236 valence electrons. The lowest BCUT2D eigenvalue weighted by Gasteiger charge is -2.54. The number of carbonyl (C=O) groups is 3. The summed E-state index contributed by atoms with van der Waals surface area (Å²) >= 11 is 0. The zero-order valence-electron chi connectivity index (χ0n) is 25.9. The molecule has 0 spiro atoms. The molecular formula is C35H41N5O5. The van der Waals surface area contributed by atoms with Crippen LogP contribution in [0.4, 0.5) is 4.79 Å². The van der Waals surface area contributed by atoms with Gasteiger partial charge in [0.1, 0.15) is 18.5 Å². The molecule has 5 aliphatic heterocycles. The fraction of sp³-hybridized carbons (Fsp3) is 0.457. The monoisotopic (exact) mass is 611 g/mol. The second-order valence-electron chi connectivity index (χ2n) is 13.3. The molecule has 5 aliphatic rings. The van der Waals surface area contributed by atoms with E-state index >= 15 is 0 Å². The Kier molecular flexibility index (Phi) is 8.10. The average Bonchev–Trinajstić information content (AvgIpc) is 3.74. The van der Waals surface area contributed by atoms with Crippen LogP contribution in [-0.2, 0) is 27.1 Å². The summed E-state index contributed by atoms with van der Waals surface area (Å²) in [6.07, 6.45) is 8.91. The van der Waals surface area contributed by atoms with Crippen molar-refractivity contribution in [1.82, 2.24) is 25.1 Å². The van der Waals surface area contributed by atoms with Crippen molar-refractivity contribution in [3.63, 3.8) is 0 Å². The minimum Gasteiger partial charge on any atom is -0.459 e. The number of cyclic esters (lactones) is 1. The zero-order chi connectivity index (χ0) is 31.1. The average molecular weight is 612 g/mol. The molecule has 4 bridgehead atoms. The largest absolute Gasteiger partial charge is 0.459 e. The summed E-state index contributed by atoms with van der Waals surface area (Å²) < 4.78 is 10.8. The molecule has 1 amide bonds. The van der Waals surface area contributed by atoms with Crippen LogP contribution in [0.1, 0.15) is 47.2 Å². The SMILES string of the molecule is CN(C)CCc1c[nH]c2ccc(C[C@H]3COC(=O)N3)cc12.O=C(OC1C[C@@H]2CC3C[C@H](C1)N2CC3=O)c1c[nH]c2ccccc12. The predicted octanol–water partition coefficient (Wildman–Crippen LogP) is 4.44. The number of likely N-dealkylation sites (N-methyl/N-ethyl adjacent to an activating group) is 1. The number of ether oxygens (including phenoxy) is 2. The topological polar surface area (TPSA) is 120 Å². The number of H-pyrrole nitrogens is 2. The molecule has 2 aromatic heterocycles. The molecule has 9 rings (SSSR count). The number of rotatable bonds is 7. The molecule has 10 nitrogen and oxygen atoms in total. The number of carbonyl (C=O) groups excluding carboxylic acids is 3. The number of para-hydroxylation sites is 1. The number of nitrogens with zero attached hydrogens (tertiary/aromatic N) is 2. The minimum atomic E-state index is -0.311. The van der Waals surface area contributed by atoms with E-state index in [1.807, 2.05) is 24.3 Å². The van der Waals surface area contributed by atoms with Crippen molar-refractivity contribution in [1.29, 1.82) is 0 Å². The van der Waals surface area contributed by atoms with E-state index in [4.69, 9.17) is 9.47 Å². The highest BCUT2D eigenvalue weighted by Gasteiger charge is 2.49. The Morgan fingerprint density at radius 2 is 1.73 bits per heavy atom. The molecular weight excluding hydrogens is 570 g/mol. The fourth-order valence-electron chi connectivity index (χ4n) is 7.59. The normalized spacial score (nSPS) is 26.9. The Bertz CT molecular complexity index is 1710. The molecule has 3 N–H and O–H groups in total. The van der Waals surface area contributed by atoms with Crippen molar-refractivity contribution in [3.8, 4) is 0 Å². The van der Waals surface area contributed by atoms with Crippen LogP contribution in [0.5, 0.6) is 0 Å². The first kappa shape index (κ1) is 29.6. The van der Waals surface area contributed by atoms with E-state index in [-0.39, 0.29) is 30.1 Å². The number of Topliss-reactive ketones (excluding diaryl/α,β-unsaturated/α-hetero) is 1. The van der Waals surface area contributed by atoms with Crippen LogP contribution < -0.4 is 5.32 Å². The number of nitrogens with one attached hydrogen (secondary N) is 3. The summed E-state index contributed by atoms with van der Waals surface area (Å²) in [6.45, 7) is 2.09. The maximum atomic E-state index is 12.6. The molecule has 0 aliphatic carbocycles. The summed E-state index contributed by atoms with van der Waals surface area (Å²) in [5.74, 6) is 0.403. The van der Waals surface area contributed by atoms with Gasteiger partial charge in [0.05, 0.1) is 18.2 Å². The minimum absolute atomic E-state index is 0.0356. The third-order valence-corrected chi connectivity index (χ3v) is 9.88. The van der Waals surface area contributed by atoms with Crippen LogP contribution in [0.3, 0.4) is 0 Å². The van der Waals surface area contributed by atoms with Gasteiger partial charge in [-0.1, -0.05) is 24.3 Å². The second kappa shape index (κ2) is 12.3. The Labute approximate surface area is 262 Å². The van der Waals surface area contributed by atoms with Crippen molar-refractivity contribution in [3.05, 3.63) is 71.5 Å². The maximum Gasteiger partial charge on any atom is 0.407 e. The number of fused-ring (bicyclic) bond motifs is 3. The van der Waals surface area contributed by atoms with E-state index in [1.54, 1.807) is 6.20 Å². The number of hydrogen-bond donors (Lipinski definition) is 3. The molecule has 5 saturated heterocycles. The van der Waals surface area contributed by atoms with Gasteiger partial charge in [0.15, 0.2) is 0 Å². The lowest BCUT2D eigenvalue weighted by Crippen LogP contribution is -2.63. The van der Waals surface area contributed by atoms with Crippen molar-refractivity contribution < 1.29 is 23.9 Å². The van der Waals surface area contributed by atoms with Crippen molar-refractivity contribution in [2.45, 2.75) is 62.8 Å². The molecule has 4 aromatic rings. The first-order valence-corrected chi connectivity index (χ1v) is 16.0. The number of esters is 1. The second-order valence-corrected chi connectivity index (χ2v) is 13.3. The standard InChI is InChI=1S/C19H20N2O3.C16H21N3O2/c22-18-10-21-12-5-11(18)6-13(21)8-14(7-12)24-19(23)16-9-20-17-4-2-1-3-15(16)17;1-19(2)6-5-12-9-17-15-4-3-11(8-14(12)15)7-13-10-21-16(20)18-13/h1-4,9,11-14,20H,5-8,10H2;3-4,8-9,13,17H,5-7,10H2,1-2H3,(H,18,20)/t11?,12-,13+,14?;13-/m.0/s1. The highest BCUT2D eigenvalue weighted by molar-refractivity contribution is 6.04. The fourth-order valence-corrected chi connectivity index (χ4v) is 7.59. The van der Waals surface area contributed by atoms with E-state index < -0.39 is 0 Å². The van der Waals surface area contributed by atoms with Gasteiger partial charge >= 0.3 is 12.1 Å². The van der Waals surface area contributed by atoms with E-state index in [1.165, 1.54) is 22.0 Å². The molecule has 45 heavy (non-hydrogen) atoms. The third-order valence-electron chi connectivity index (χ3n) is 9.88. The quantitative estimate of drug-likeness (QED) is 0.264. The van der Waals surface area contributed by atoms with E-state index in [0.717, 1.165) is 56.0 Å². The number of hydrogen-bond acceptors (Lipinski definition) is 7. The molecule has 6 atom stereocenters. The third kappa shape index (κ3) is 6.21. The van der Waals surface area contributed by atoms with Crippen LogP contribution in [0.25, 0.3) is 21.8 Å². The van der Waals surface area contributed by atoms with Gasteiger partial charge in [-0.2, -0.15) is 0 Å². The van der Waals surface area contributed by atoms with Crippen LogP contribution in [0.2, 0.25) is 0 Å². The van der Waals surface area contributed by atoms with Gasteiger partial charge in [-0.05, 0) is 69.1 Å². The highest BCUT2D eigenvalue weighted by atomic mass is 16.6. The number of aromatic amines is 2. The van der Waals surface area contributed by atoms with Gasteiger partial charge in [0.2, 0.25) is 0 Å². The van der Waals surface area contributed by atoms with Gasteiger partial charge < -0.3 is 29.7 Å². The van der Waals surface area contributed by atoms with Crippen LogP contribution in [-0.4, -0.2) is 95.6 Å². The number of piperidine rings is 4. The van der Waals surface area contributed by atoms with Gasteiger partial charge in [-0.15, -0.1) is 0 Å². The molecule has 5 fully saturated rings. The number of alkyl carbamates (subject to hydrolysis) is 1.